The predicted molar refractivity (Wildman–Crippen MR) is 93.5 cm³/mol. The molecule has 1 aliphatic heterocycles. The first-order chi connectivity index (χ1) is 11.7. The number of rotatable bonds is 6. The van der Waals surface area contributed by atoms with Crippen molar-refractivity contribution in [3.63, 3.8) is 0 Å². The summed E-state index contributed by atoms with van der Waals surface area (Å²) in [7, 11) is 0. The van der Waals surface area contributed by atoms with Gasteiger partial charge in [-0.3, -0.25) is 10.2 Å². The molecular weight excluding hydrogens is 302 g/mol. The van der Waals surface area contributed by atoms with E-state index < -0.39 is 0 Å². The minimum absolute atomic E-state index is 0.0265. The molecule has 128 valence electrons. The second kappa shape index (κ2) is 7.59. The third-order valence-electron chi connectivity index (χ3n) is 4.49. The maximum Gasteiger partial charge on any atom is 0.239 e. The zero-order valence-corrected chi connectivity index (χ0v) is 14.2. The zero-order valence-electron chi connectivity index (χ0n) is 14.2. The lowest BCUT2D eigenvalue weighted by molar-refractivity contribution is -0.123. The molecule has 3 unspecified atom stereocenters. The molecule has 1 amide bonds. The van der Waals surface area contributed by atoms with Crippen LogP contribution in [0.1, 0.15) is 44.7 Å². The molecule has 0 spiro atoms. The second-order valence-corrected chi connectivity index (χ2v) is 6.35. The number of benzene rings is 1. The van der Waals surface area contributed by atoms with Crippen LogP contribution in [0, 0.1) is 0 Å². The van der Waals surface area contributed by atoms with Gasteiger partial charge >= 0.3 is 0 Å². The fourth-order valence-electron chi connectivity index (χ4n) is 3.08. The van der Waals surface area contributed by atoms with Gasteiger partial charge in [-0.2, -0.15) is 0 Å². The van der Waals surface area contributed by atoms with Crippen LogP contribution in [0.3, 0.4) is 0 Å². The normalized spacial score (nSPS) is 21.6. The van der Waals surface area contributed by atoms with E-state index in [1.54, 1.807) is 12.5 Å². The van der Waals surface area contributed by atoms with E-state index in [0.29, 0.717) is 6.04 Å². The van der Waals surface area contributed by atoms with Gasteiger partial charge in [-0.15, -0.1) is 0 Å². The van der Waals surface area contributed by atoms with Crippen LogP contribution in [-0.4, -0.2) is 27.5 Å². The summed E-state index contributed by atoms with van der Waals surface area (Å²) in [5.74, 6) is 0.0484. The SMILES string of the molecule is CCCC1CC(C(=O)NC(C)c2ccc(-n3ccnc3)cc2)NN1. The number of hydrogen-bond acceptors (Lipinski definition) is 4. The minimum atomic E-state index is -0.158. The van der Waals surface area contributed by atoms with Crippen LogP contribution in [0.2, 0.25) is 0 Å². The molecule has 3 N–H and O–H groups in total. The summed E-state index contributed by atoms with van der Waals surface area (Å²) in [6.07, 6.45) is 8.48. The molecule has 0 radical (unpaired) electrons. The first-order valence-electron chi connectivity index (χ1n) is 8.57. The molecule has 1 aromatic carbocycles. The molecule has 1 fully saturated rings. The van der Waals surface area contributed by atoms with Gasteiger partial charge in [-0.05, 0) is 37.5 Å². The van der Waals surface area contributed by atoms with E-state index in [0.717, 1.165) is 30.5 Å². The van der Waals surface area contributed by atoms with E-state index >= 15 is 0 Å². The smallest absolute Gasteiger partial charge is 0.239 e. The van der Waals surface area contributed by atoms with Crippen molar-refractivity contribution in [3.05, 3.63) is 48.5 Å². The number of nitrogens with zero attached hydrogens (tertiary/aromatic N) is 2. The molecule has 0 saturated carbocycles. The molecule has 0 bridgehead atoms. The standard InChI is InChI=1S/C18H25N5O/c1-3-4-15-11-17(22-21-15)18(24)20-13(2)14-5-7-16(8-6-14)23-10-9-19-12-23/h5-10,12-13,15,17,21-22H,3-4,11H2,1-2H3,(H,20,24). The largest absolute Gasteiger partial charge is 0.348 e. The zero-order chi connectivity index (χ0) is 16.9. The average molecular weight is 327 g/mol. The highest BCUT2D eigenvalue weighted by molar-refractivity contribution is 5.82. The summed E-state index contributed by atoms with van der Waals surface area (Å²) in [5, 5.41) is 3.09. The number of amides is 1. The highest BCUT2D eigenvalue weighted by Gasteiger charge is 2.29. The van der Waals surface area contributed by atoms with Gasteiger partial charge in [0.15, 0.2) is 0 Å². The molecule has 24 heavy (non-hydrogen) atoms. The van der Waals surface area contributed by atoms with Gasteiger partial charge in [0, 0.05) is 24.1 Å². The fourth-order valence-corrected chi connectivity index (χ4v) is 3.08. The van der Waals surface area contributed by atoms with Crippen molar-refractivity contribution < 1.29 is 4.79 Å². The Labute approximate surface area is 142 Å². The van der Waals surface area contributed by atoms with Gasteiger partial charge in [-0.1, -0.05) is 25.5 Å². The first-order valence-corrected chi connectivity index (χ1v) is 8.57. The van der Waals surface area contributed by atoms with Crippen molar-refractivity contribution in [1.29, 1.82) is 0 Å². The van der Waals surface area contributed by atoms with E-state index in [1.165, 1.54) is 0 Å². The van der Waals surface area contributed by atoms with Gasteiger partial charge in [0.2, 0.25) is 5.91 Å². The molecule has 0 aliphatic carbocycles. The average Bonchev–Trinajstić information content (AvgIpc) is 3.27. The van der Waals surface area contributed by atoms with Gasteiger partial charge in [0.1, 0.15) is 6.04 Å². The quantitative estimate of drug-likeness (QED) is 0.760. The van der Waals surface area contributed by atoms with Gasteiger partial charge < -0.3 is 9.88 Å². The predicted octanol–water partition coefficient (Wildman–Crippen LogP) is 2.08. The highest BCUT2D eigenvalue weighted by atomic mass is 16.2. The summed E-state index contributed by atoms with van der Waals surface area (Å²) in [4.78, 5) is 16.5. The van der Waals surface area contributed by atoms with Crippen molar-refractivity contribution in [2.45, 2.75) is 51.2 Å². The fraction of sp³-hybridized carbons (Fsp3) is 0.444. The minimum Gasteiger partial charge on any atom is -0.348 e. The van der Waals surface area contributed by atoms with Crippen molar-refractivity contribution in [3.8, 4) is 5.69 Å². The summed E-state index contributed by atoms with van der Waals surface area (Å²) < 4.78 is 1.95. The van der Waals surface area contributed by atoms with Crippen molar-refractivity contribution in [1.82, 2.24) is 25.7 Å². The van der Waals surface area contributed by atoms with Crippen LogP contribution < -0.4 is 16.2 Å². The Kier molecular flexibility index (Phi) is 5.27. The summed E-state index contributed by atoms with van der Waals surface area (Å²) >= 11 is 0. The van der Waals surface area contributed by atoms with Crippen LogP contribution in [0.5, 0.6) is 0 Å². The Bertz CT molecular complexity index is 653. The van der Waals surface area contributed by atoms with Gasteiger partial charge in [0.05, 0.1) is 12.4 Å². The van der Waals surface area contributed by atoms with E-state index in [9.17, 15) is 4.79 Å². The van der Waals surface area contributed by atoms with Gasteiger partial charge in [0.25, 0.3) is 0 Å². The van der Waals surface area contributed by atoms with Crippen molar-refractivity contribution >= 4 is 5.91 Å². The number of carbonyl (C=O) groups excluding carboxylic acids is 1. The Morgan fingerprint density at radius 2 is 2.17 bits per heavy atom. The molecule has 1 aromatic heterocycles. The summed E-state index contributed by atoms with van der Waals surface area (Å²) in [5.41, 5.74) is 8.45. The molecule has 6 heteroatoms. The number of hydrazine groups is 1. The number of imidazole rings is 1. The second-order valence-electron chi connectivity index (χ2n) is 6.35. The molecule has 1 aliphatic rings. The van der Waals surface area contributed by atoms with Crippen molar-refractivity contribution in [2.24, 2.45) is 0 Å². The lowest BCUT2D eigenvalue weighted by Gasteiger charge is -2.17. The Hall–Kier alpha value is -2.18. The van der Waals surface area contributed by atoms with Crippen LogP contribution in [0.4, 0.5) is 0 Å². The van der Waals surface area contributed by atoms with E-state index in [-0.39, 0.29) is 18.0 Å². The van der Waals surface area contributed by atoms with Crippen LogP contribution >= 0.6 is 0 Å². The number of hydrogen-bond donors (Lipinski definition) is 3. The van der Waals surface area contributed by atoms with E-state index in [4.69, 9.17) is 0 Å². The van der Waals surface area contributed by atoms with E-state index in [1.807, 2.05) is 42.0 Å². The van der Waals surface area contributed by atoms with Crippen molar-refractivity contribution in [2.75, 3.05) is 0 Å². The van der Waals surface area contributed by atoms with E-state index in [2.05, 4.69) is 28.1 Å². The first kappa shape index (κ1) is 16.7. The Morgan fingerprint density at radius 3 is 2.83 bits per heavy atom. The Morgan fingerprint density at radius 1 is 1.38 bits per heavy atom. The molecule has 2 heterocycles. The molecule has 6 nitrogen and oxygen atoms in total. The topological polar surface area (TPSA) is 71.0 Å². The molecule has 3 atom stereocenters. The third kappa shape index (κ3) is 3.83. The number of nitrogens with one attached hydrogen (secondary N) is 3. The molecule has 3 rings (SSSR count). The van der Waals surface area contributed by atoms with Crippen LogP contribution in [0.15, 0.2) is 43.0 Å². The molecule has 1 saturated heterocycles. The lowest BCUT2D eigenvalue weighted by Crippen LogP contribution is -2.44. The van der Waals surface area contributed by atoms with Crippen LogP contribution in [-0.2, 0) is 4.79 Å². The molecular formula is C18H25N5O. The Balaban J connectivity index is 1.56. The number of carbonyl (C=O) groups is 1. The van der Waals surface area contributed by atoms with Gasteiger partial charge in [-0.25, -0.2) is 10.4 Å². The number of aromatic nitrogens is 2. The maximum atomic E-state index is 12.4. The summed E-state index contributed by atoms with van der Waals surface area (Å²) in [6, 6.07) is 8.35. The lowest BCUT2D eigenvalue weighted by atomic mass is 10.0. The maximum absolute atomic E-state index is 12.4. The highest BCUT2D eigenvalue weighted by Crippen LogP contribution is 2.17. The van der Waals surface area contributed by atoms with Crippen LogP contribution in [0.25, 0.3) is 5.69 Å². The summed E-state index contributed by atoms with van der Waals surface area (Å²) in [6.45, 7) is 4.17. The molecule has 2 aromatic rings. The third-order valence-corrected chi connectivity index (χ3v) is 4.49. The monoisotopic (exact) mass is 327 g/mol.